The number of amides is 1. The van der Waals surface area contributed by atoms with E-state index >= 15 is 0 Å². The number of hydrogen-bond acceptors (Lipinski definition) is 4. The molecule has 0 N–H and O–H groups in total. The van der Waals surface area contributed by atoms with E-state index in [0.717, 1.165) is 26.9 Å². The van der Waals surface area contributed by atoms with Crippen LogP contribution in [0.4, 0.5) is 10.5 Å². The van der Waals surface area contributed by atoms with Gasteiger partial charge in [0.2, 0.25) is 0 Å². The quantitative estimate of drug-likeness (QED) is 0.721. The normalized spacial score (nSPS) is 14.9. The average molecular weight is 402 g/mol. The molecule has 25 heavy (non-hydrogen) atoms. The number of halogens is 1. The summed E-state index contributed by atoms with van der Waals surface area (Å²) < 4.78 is 11.2. The fraction of sp³-hybridized carbons (Fsp3) is 0.158. The Bertz CT molecular complexity index is 858. The molecule has 0 fully saturated rings. The van der Waals surface area contributed by atoms with Gasteiger partial charge in [0, 0.05) is 17.1 Å². The number of esters is 1. The molecule has 0 saturated heterocycles. The lowest BCUT2D eigenvalue weighted by atomic mass is 10.0. The highest BCUT2D eigenvalue weighted by atomic mass is 79.9. The van der Waals surface area contributed by atoms with Crippen LogP contribution in [0.5, 0.6) is 0 Å². The minimum absolute atomic E-state index is 0.160. The summed E-state index contributed by atoms with van der Waals surface area (Å²) in [5.74, 6) is 0.131. The monoisotopic (exact) mass is 401 g/mol. The Morgan fingerprint density at radius 3 is 2.64 bits per heavy atom. The number of anilines is 1. The SMILES string of the molecule is COC(=O)Cc1ccc2c(c1)/C(=C/c1ccc(Br)cc1)OC(=O)N2C. The van der Waals surface area contributed by atoms with Gasteiger partial charge in [0.25, 0.3) is 0 Å². The summed E-state index contributed by atoms with van der Waals surface area (Å²) in [5.41, 5.74) is 3.18. The second kappa shape index (κ2) is 7.11. The first-order valence-electron chi connectivity index (χ1n) is 7.61. The molecule has 0 aliphatic carbocycles. The summed E-state index contributed by atoms with van der Waals surface area (Å²) >= 11 is 3.40. The topological polar surface area (TPSA) is 55.8 Å². The first kappa shape index (κ1) is 17.2. The minimum Gasteiger partial charge on any atom is -0.469 e. The number of carbonyl (C=O) groups excluding carboxylic acids is 2. The van der Waals surface area contributed by atoms with E-state index in [1.54, 1.807) is 13.1 Å². The van der Waals surface area contributed by atoms with Crippen LogP contribution >= 0.6 is 15.9 Å². The molecule has 1 amide bonds. The number of fused-ring (bicyclic) bond motifs is 1. The molecule has 1 heterocycles. The van der Waals surface area contributed by atoms with Crippen molar-refractivity contribution in [1.29, 1.82) is 0 Å². The van der Waals surface area contributed by atoms with Crippen LogP contribution in [0.1, 0.15) is 16.7 Å². The number of carbonyl (C=O) groups is 2. The van der Waals surface area contributed by atoms with Crippen molar-refractivity contribution in [3.05, 3.63) is 63.6 Å². The van der Waals surface area contributed by atoms with Gasteiger partial charge in [0.05, 0.1) is 19.2 Å². The number of benzene rings is 2. The van der Waals surface area contributed by atoms with Crippen molar-refractivity contribution >= 4 is 45.5 Å². The summed E-state index contributed by atoms with van der Waals surface area (Å²) in [6.45, 7) is 0. The Hall–Kier alpha value is -2.60. The van der Waals surface area contributed by atoms with E-state index in [2.05, 4.69) is 15.9 Å². The van der Waals surface area contributed by atoms with Gasteiger partial charge in [-0.15, -0.1) is 0 Å². The summed E-state index contributed by atoms with van der Waals surface area (Å²) in [6.07, 6.45) is 1.52. The molecule has 2 aromatic carbocycles. The minimum atomic E-state index is -0.448. The molecule has 3 rings (SSSR count). The highest BCUT2D eigenvalue weighted by Crippen LogP contribution is 2.35. The molecule has 2 aromatic rings. The molecule has 5 nitrogen and oxygen atoms in total. The van der Waals surface area contributed by atoms with Crippen molar-refractivity contribution < 1.29 is 19.1 Å². The molecule has 128 valence electrons. The maximum Gasteiger partial charge on any atom is 0.419 e. The first-order chi connectivity index (χ1) is 12.0. The standard InChI is InChI=1S/C19H16BrNO4/c1-21-16-8-5-13(11-18(22)24-2)9-15(16)17(25-19(21)23)10-12-3-6-14(20)7-4-12/h3-10H,11H2,1-2H3/b17-10-. The third-order valence-electron chi connectivity index (χ3n) is 3.90. The Balaban J connectivity index is 2.05. The smallest absolute Gasteiger partial charge is 0.419 e. The largest absolute Gasteiger partial charge is 0.469 e. The van der Waals surface area contributed by atoms with Crippen LogP contribution in [0.15, 0.2) is 46.9 Å². The maximum atomic E-state index is 12.1. The van der Waals surface area contributed by atoms with Crippen LogP contribution in [0.25, 0.3) is 11.8 Å². The lowest BCUT2D eigenvalue weighted by Crippen LogP contribution is -2.31. The van der Waals surface area contributed by atoms with Gasteiger partial charge in [-0.25, -0.2) is 4.79 Å². The van der Waals surface area contributed by atoms with E-state index in [1.807, 2.05) is 42.5 Å². The van der Waals surface area contributed by atoms with Crippen LogP contribution < -0.4 is 4.90 Å². The number of methoxy groups -OCH3 is 1. The van der Waals surface area contributed by atoms with Crippen molar-refractivity contribution in [3.8, 4) is 0 Å². The average Bonchev–Trinajstić information content (AvgIpc) is 2.61. The Morgan fingerprint density at radius 1 is 1.24 bits per heavy atom. The van der Waals surface area contributed by atoms with Gasteiger partial charge in [0.1, 0.15) is 5.76 Å². The van der Waals surface area contributed by atoms with Gasteiger partial charge in [-0.1, -0.05) is 34.1 Å². The molecular weight excluding hydrogens is 386 g/mol. The summed E-state index contributed by atoms with van der Waals surface area (Å²) in [5, 5.41) is 0. The molecule has 1 aliphatic rings. The zero-order valence-electron chi connectivity index (χ0n) is 13.8. The summed E-state index contributed by atoms with van der Waals surface area (Å²) in [6, 6.07) is 13.1. The van der Waals surface area contributed by atoms with Crippen molar-refractivity contribution in [2.45, 2.75) is 6.42 Å². The van der Waals surface area contributed by atoms with Crippen LogP contribution in [0.3, 0.4) is 0 Å². The fourth-order valence-corrected chi connectivity index (χ4v) is 2.82. The lowest BCUT2D eigenvalue weighted by Gasteiger charge is -2.27. The second-order valence-corrected chi connectivity index (χ2v) is 6.51. The number of nitrogens with zero attached hydrogens (tertiary/aromatic N) is 1. The Morgan fingerprint density at radius 2 is 1.96 bits per heavy atom. The fourth-order valence-electron chi connectivity index (χ4n) is 2.56. The van der Waals surface area contributed by atoms with Gasteiger partial charge in [-0.2, -0.15) is 0 Å². The van der Waals surface area contributed by atoms with Gasteiger partial charge < -0.3 is 9.47 Å². The van der Waals surface area contributed by atoms with Gasteiger partial charge >= 0.3 is 12.1 Å². The third kappa shape index (κ3) is 3.74. The number of rotatable bonds is 3. The van der Waals surface area contributed by atoms with Gasteiger partial charge in [0.15, 0.2) is 0 Å². The molecular formula is C19H16BrNO4. The van der Waals surface area contributed by atoms with Gasteiger partial charge in [-0.05, 0) is 41.5 Å². The van der Waals surface area contributed by atoms with E-state index in [1.165, 1.54) is 12.0 Å². The molecule has 0 radical (unpaired) electrons. The predicted molar refractivity (Wildman–Crippen MR) is 99.1 cm³/mol. The van der Waals surface area contributed by atoms with Gasteiger partial charge in [-0.3, -0.25) is 9.69 Å². The third-order valence-corrected chi connectivity index (χ3v) is 4.43. The van der Waals surface area contributed by atoms with Crippen LogP contribution in [0, 0.1) is 0 Å². The van der Waals surface area contributed by atoms with E-state index in [4.69, 9.17) is 9.47 Å². The molecule has 0 atom stereocenters. The van der Waals surface area contributed by atoms with Crippen LogP contribution in [-0.2, 0) is 20.7 Å². The summed E-state index contributed by atoms with van der Waals surface area (Å²) in [4.78, 5) is 25.1. The zero-order chi connectivity index (χ0) is 18.0. The second-order valence-electron chi connectivity index (χ2n) is 5.59. The van der Waals surface area contributed by atoms with Crippen LogP contribution in [-0.4, -0.2) is 26.2 Å². The van der Waals surface area contributed by atoms with Crippen molar-refractivity contribution in [1.82, 2.24) is 0 Å². The lowest BCUT2D eigenvalue weighted by molar-refractivity contribution is -0.139. The molecule has 0 aromatic heterocycles. The van der Waals surface area contributed by atoms with E-state index in [9.17, 15) is 9.59 Å². The van der Waals surface area contributed by atoms with Crippen LogP contribution in [0.2, 0.25) is 0 Å². The van der Waals surface area contributed by atoms with Crippen molar-refractivity contribution in [3.63, 3.8) is 0 Å². The molecule has 0 spiro atoms. The predicted octanol–water partition coefficient (Wildman–Crippen LogP) is 4.25. The van der Waals surface area contributed by atoms with E-state index < -0.39 is 6.09 Å². The van der Waals surface area contributed by atoms with Crippen molar-refractivity contribution in [2.75, 3.05) is 19.1 Å². The number of hydrogen-bond donors (Lipinski definition) is 0. The molecule has 0 saturated carbocycles. The Kier molecular flexibility index (Phi) is 4.90. The van der Waals surface area contributed by atoms with Crippen molar-refractivity contribution in [2.24, 2.45) is 0 Å². The maximum absolute atomic E-state index is 12.1. The molecule has 1 aliphatic heterocycles. The first-order valence-corrected chi connectivity index (χ1v) is 8.40. The van der Waals surface area contributed by atoms with E-state index in [0.29, 0.717) is 5.76 Å². The molecule has 6 heteroatoms. The number of ether oxygens (including phenoxy) is 2. The zero-order valence-corrected chi connectivity index (χ0v) is 15.4. The highest BCUT2D eigenvalue weighted by Gasteiger charge is 2.27. The molecule has 0 bridgehead atoms. The van der Waals surface area contributed by atoms with E-state index in [-0.39, 0.29) is 12.4 Å². The summed E-state index contributed by atoms with van der Waals surface area (Å²) in [7, 11) is 3.01. The number of cyclic esters (lactones) is 1. The molecule has 0 unspecified atom stereocenters. The highest BCUT2D eigenvalue weighted by molar-refractivity contribution is 9.10. The Labute approximate surface area is 154 Å².